The van der Waals surface area contributed by atoms with Crippen LogP contribution in [0.3, 0.4) is 0 Å². The molecular weight excluding hydrogens is 534 g/mol. The number of hydrogen-bond acceptors (Lipinski definition) is 4. The molecule has 4 rings (SSSR count). The first-order chi connectivity index (χ1) is 17.3. The number of allylic oxidation sites excluding steroid dienone is 3. The van der Waals surface area contributed by atoms with E-state index in [1.807, 2.05) is 0 Å². The van der Waals surface area contributed by atoms with Gasteiger partial charge in [0.15, 0.2) is 0 Å². The summed E-state index contributed by atoms with van der Waals surface area (Å²) in [4.78, 5) is 39.3. The molecule has 0 bridgehead atoms. The third kappa shape index (κ3) is 5.28. The molecule has 1 aromatic carbocycles. The maximum atomic E-state index is 13.5. The van der Waals surface area contributed by atoms with Crippen molar-refractivity contribution in [2.75, 3.05) is 13.1 Å². The zero-order valence-electron chi connectivity index (χ0n) is 20.0. The molecule has 1 fully saturated rings. The summed E-state index contributed by atoms with van der Waals surface area (Å²) in [5.41, 5.74) is 2.94. The molecule has 0 radical (unpaired) electrons. The van der Waals surface area contributed by atoms with Crippen LogP contribution in [0.4, 0.5) is 13.2 Å². The molecule has 0 saturated carbocycles. The highest BCUT2D eigenvalue weighted by atomic mass is 35.5. The number of aliphatic carboxylic acids is 1. The molecule has 198 valence electrons. The molecule has 12 heteroatoms. The Bertz CT molecular complexity index is 1260. The van der Waals surface area contributed by atoms with Gasteiger partial charge in [0.1, 0.15) is 0 Å². The lowest BCUT2D eigenvalue weighted by atomic mass is 9.91. The highest BCUT2D eigenvalue weighted by molar-refractivity contribution is 6.41. The summed E-state index contributed by atoms with van der Waals surface area (Å²) < 4.78 is 40.0. The van der Waals surface area contributed by atoms with Crippen LogP contribution in [0.5, 0.6) is 0 Å². The second kappa shape index (κ2) is 10.2. The van der Waals surface area contributed by atoms with Crippen molar-refractivity contribution in [3.8, 4) is 0 Å². The van der Waals surface area contributed by atoms with E-state index >= 15 is 0 Å². The van der Waals surface area contributed by atoms with E-state index in [-0.39, 0.29) is 39.2 Å². The molecule has 3 aliphatic rings. The largest absolute Gasteiger partial charge is 0.481 e. The lowest BCUT2D eigenvalue weighted by molar-refractivity contribution is -0.138. The van der Waals surface area contributed by atoms with Crippen molar-refractivity contribution >= 4 is 41.0 Å². The number of carboxylic acids is 1. The first-order valence-corrected chi connectivity index (χ1v) is 12.3. The van der Waals surface area contributed by atoms with E-state index in [9.17, 15) is 27.6 Å². The topological polar surface area (TPSA) is 90.0 Å². The summed E-state index contributed by atoms with van der Waals surface area (Å²) in [6.07, 6.45) is -1.41. The molecule has 1 unspecified atom stereocenters. The normalized spacial score (nSPS) is 20.6. The quantitative estimate of drug-likeness (QED) is 0.519. The van der Waals surface area contributed by atoms with Gasteiger partial charge in [0.2, 0.25) is 0 Å². The number of nitrogens with zero attached hydrogens (tertiary/aromatic N) is 2. The molecule has 1 aliphatic carbocycles. The van der Waals surface area contributed by atoms with E-state index in [0.29, 0.717) is 37.1 Å². The number of carbonyl (C=O) groups excluding carboxylic acids is 2. The monoisotopic (exact) mass is 557 g/mol. The fourth-order valence-corrected chi connectivity index (χ4v) is 5.48. The molecule has 7 nitrogen and oxygen atoms in total. The number of benzene rings is 1. The minimum absolute atomic E-state index is 0.0139. The summed E-state index contributed by atoms with van der Waals surface area (Å²) in [6.45, 7) is 3.75. The molecule has 2 amide bonds. The first-order valence-electron chi connectivity index (χ1n) is 11.6. The molecule has 2 N–H and O–H groups in total. The summed E-state index contributed by atoms with van der Waals surface area (Å²) >= 11 is 12.9. The fourth-order valence-electron chi connectivity index (χ4n) is 4.86. The van der Waals surface area contributed by atoms with Gasteiger partial charge in [-0.2, -0.15) is 13.2 Å². The Hall–Kier alpha value is -2.82. The van der Waals surface area contributed by atoms with Crippen molar-refractivity contribution in [3.63, 3.8) is 0 Å². The van der Waals surface area contributed by atoms with Gasteiger partial charge in [-0.3, -0.25) is 14.4 Å². The van der Waals surface area contributed by atoms with Crippen molar-refractivity contribution in [3.05, 3.63) is 67.9 Å². The van der Waals surface area contributed by atoms with E-state index in [2.05, 4.69) is 5.43 Å². The number of halogens is 5. The van der Waals surface area contributed by atoms with Crippen molar-refractivity contribution in [2.45, 2.75) is 45.3 Å². The molecule has 2 aliphatic heterocycles. The smallest absolute Gasteiger partial charge is 0.416 e. The SMILES string of the molecule is CC1=CC(C(F)(F)F)=CC2=C(C)N(C(=O)c3c(Cl)ccc(C(=O)N4CCC(CC(=O)O)CC4)c3Cl)NC12. The van der Waals surface area contributed by atoms with Crippen LogP contribution in [-0.4, -0.2) is 58.1 Å². The Labute approximate surface area is 221 Å². The second-order valence-corrected chi connectivity index (χ2v) is 10.1. The van der Waals surface area contributed by atoms with Gasteiger partial charge in [0.05, 0.1) is 32.8 Å². The molecule has 0 aromatic heterocycles. The van der Waals surface area contributed by atoms with Gasteiger partial charge in [-0.15, -0.1) is 0 Å². The number of likely N-dealkylation sites (tertiary alicyclic amines) is 1. The van der Waals surface area contributed by atoms with Gasteiger partial charge in [-0.05, 0) is 68.0 Å². The second-order valence-electron chi connectivity index (χ2n) is 9.35. The van der Waals surface area contributed by atoms with Gasteiger partial charge in [0.25, 0.3) is 11.8 Å². The fraction of sp³-hybridized carbons (Fsp3) is 0.400. The number of amides is 2. The minimum Gasteiger partial charge on any atom is -0.481 e. The van der Waals surface area contributed by atoms with Crippen LogP contribution in [-0.2, 0) is 4.79 Å². The van der Waals surface area contributed by atoms with Crippen molar-refractivity contribution < 1.29 is 32.7 Å². The van der Waals surface area contributed by atoms with Crippen LogP contribution >= 0.6 is 23.2 Å². The Morgan fingerprint density at radius 1 is 1.08 bits per heavy atom. The van der Waals surface area contributed by atoms with Gasteiger partial charge in [-0.1, -0.05) is 23.2 Å². The summed E-state index contributed by atoms with van der Waals surface area (Å²) in [7, 11) is 0. The highest BCUT2D eigenvalue weighted by Crippen LogP contribution is 2.39. The Kier molecular flexibility index (Phi) is 7.47. The van der Waals surface area contributed by atoms with Crippen LogP contribution in [0.1, 0.15) is 53.8 Å². The van der Waals surface area contributed by atoms with Gasteiger partial charge in [-0.25, -0.2) is 10.4 Å². The van der Waals surface area contributed by atoms with Crippen LogP contribution in [0, 0.1) is 5.92 Å². The average Bonchev–Trinajstić information content (AvgIpc) is 3.15. The molecule has 0 spiro atoms. The lowest BCUT2D eigenvalue weighted by Crippen LogP contribution is -2.42. The predicted molar refractivity (Wildman–Crippen MR) is 131 cm³/mol. The third-order valence-corrected chi connectivity index (χ3v) is 7.61. The maximum Gasteiger partial charge on any atom is 0.416 e. The zero-order valence-corrected chi connectivity index (χ0v) is 21.5. The number of hydrazine groups is 1. The lowest BCUT2D eigenvalue weighted by Gasteiger charge is -2.32. The van der Waals surface area contributed by atoms with E-state index in [4.69, 9.17) is 28.3 Å². The number of fused-ring (bicyclic) bond motifs is 1. The zero-order chi connectivity index (χ0) is 27.2. The molecule has 37 heavy (non-hydrogen) atoms. The van der Waals surface area contributed by atoms with Crippen LogP contribution in [0.15, 0.2) is 46.7 Å². The maximum absolute atomic E-state index is 13.5. The van der Waals surface area contributed by atoms with Gasteiger partial charge >= 0.3 is 12.1 Å². The molecule has 2 heterocycles. The number of alkyl halides is 3. The molecule has 1 aromatic rings. The van der Waals surface area contributed by atoms with Crippen LogP contribution < -0.4 is 5.43 Å². The minimum atomic E-state index is -4.54. The van der Waals surface area contributed by atoms with E-state index < -0.39 is 35.6 Å². The van der Waals surface area contributed by atoms with Crippen molar-refractivity contribution in [1.82, 2.24) is 15.3 Å². The Morgan fingerprint density at radius 2 is 1.73 bits per heavy atom. The van der Waals surface area contributed by atoms with Gasteiger partial charge < -0.3 is 10.0 Å². The highest BCUT2D eigenvalue weighted by Gasteiger charge is 2.41. The molecule has 1 atom stereocenters. The molecule has 1 saturated heterocycles. The summed E-state index contributed by atoms with van der Waals surface area (Å²) in [6, 6.07) is 2.16. The van der Waals surface area contributed by atoms with Crippen molar-refractivity contribution in [1.29, 1.82) is 0 Å². The summed E-state index contributed by atoms with van der Waals surface area (Å²) in [5.74, 6) is -2.03. The summed E-state index contributed by atoms with van der Waals surface area (Å²) in [5, 5.41) is 9.92. The standard InChI is InChI=1S/C25H24Cl2F3N3O4/c1-12-9-15(25(28,29)30)11-17-13(2)33(31-22(12)17)24(37)20-18(26)4-3-16(21(20)27)23(36)32-7-5-14(6-8-32)10-19(34)35/h3-4,9,11,14,22,31H,5-8,10H2,1-2H3,(H,34,35). The number of nitrogens with one attached hydrogen (secondary N) is 1. The van der Waals surface area contributed by atoms with E-state index in [1.54, 1.807) is 4.90 Å². The Morgan fingerprint density at radius 3 is 2.32 bits per heavy atom. The number of rotatable bonds is 4. The number of hydrogen-bond donors (Lipinski definition) is 2. The van der Waals surface area contributed by atoms with Gasteiger partial charge in [0, 0.05) is 25.2 Å². The van der Waals surface area contributed by atoms with Crippen LogP contribution in [0.25, 0.3) is 0 Å². The van der Waals surface area contributed by atoms with E-state index in [0.717, 1.165) is 17.2 Å². The first kappa shape index (κ1) is 27.2. The van der Waals surface area contributed by atoms with Crippen molar-refractivity contribution in [2.24, 2.45) is 5.92 Å². The van der Waals surface area contributed by atoms with Crippen LogP contribution in [0.2, 0.25) is 10.0 Å². The van der Waals surface area contributed by atoms with E-state index in [1.165, 1.54) is 26.0 Å². The number of piperidine rings is 1. The molecular formula is C25H24Cl2F3N3O4. The predicted octanol–water partition coefficient (Wildman–Crippen LogP) is 5.37. The number of carboxylic acid groups (broad SMARTS) is 1. The number of carbonyl (C=O) groups is 3. The average molecular weight is 558 g/mol. The Balaban J connectivity index is 1.60. The third-order valence-electron chi connectivity index (χ3n) is 6.90.